The molecule has 0 radical (unpaired) electrons. The molecule has 1 saturated heterocycles. The molecule has 2 atom stereocenters. The van der Waals surface area contributed by atoms with Gasteiger partial charge in [-0.05, 0) is 12.1 Å². The van der Waals surface area contributed by atoms with E-state index in [2.05, 4.69) is 12.9 Å². The van der Waals surface area contributed by atoms with E-state index in [-0.39, 0.29) is 5.75 Å². The zero-order chi connectivity index (χ0) is 15.0. The highest BCUT2D eigenvalue weighted by atomic mass is 31.3. The van der Waals surface area contributed by atoms with Crippen molar-refractivity contribution in [3.05, 3.63) is 29.8 Å². The Morgan fingerprint density at radius 1 is 1.15 bits per heavy atom. The fraction of sp³-hybridized carbons (Fsp3) is 0. The molecule has 20 heavy (non-hydrogen) atoms. The van der Waals surface area contributed by atoms with Crippen molar-refractivity contribution < 1.29 is 46.3 Å². The van der Waals surface area contributed by atoms with Crippen LogP contribution in [0.4, 0.5) is 0 Å². The molecule has 10 nitrogen and oxygen atoms in total. The largest absolute Gasteiger partial charge is 0.756 e. The Morgan fingerprint density at radius 2 is 1.70 bits per heavy atom. The SMILES string of the molecule is O=C([O-])c1ccccc1OP1OP(=O)([O-])OP(=O)([O-])O1. The monoisotopic (exact) mass is 341 g/mol. The summed E-state index contributed by atoms with van der Waals surface area (Å²) in [7, 11) is -13.2. The highest BCUT2D eigenvalue weighted by Crippen LogP contribution is 2.73. The lowest BCUT2D eigenvalue weighted by atomic mass is 10.2. The number of phosphoric acid groups is 2. The van der Waals surface area contributed by atoms with Crippen LogP contribution < -0.4 is 19.4 Å². The van der Waals surface area contributed by atoms with E-state index in [4.69, 9.17) is 4.52 Å². The summed E-state index contributed by atoms with van der Waals surface area (Å²) in [6.07, 6.45) is 0. The van der Waals surface area contributed by atoms with E-state index < -0.39 is 35.8 Å². The van der Waals surface area contributed by atoms with Crippen LogP contribution in [0, 0.1) is 0 Å². The van der Waals surface area contributed by atoms with Gasteiger partial charge in [0.15, 0.2) is 0 Å². The minimum atomic E-state index is -5.15. The third kappa shape index (κ3) is 3.85. The molecule has 1 aromatic rings. The quantitative estimate of drug-likeness (QED) is 0.666. The van der Waals surface area contributed by atoms with Crippen LogP contribution in [-0.4, -0.2) is 5.97 Å². The predicted octanol–water partition coefficient (Wildman–Crippen LogP) is -0.344. The van der Waals surface area contributed by atoms with Gasteiger partial charge in [-0.1, -0.05) is 12.1 Å². The van der Waals surface area contributed by atoms with Gasteiger partial charge >= 0.3 is 8.60 Å². The average Bonchev–Trinajstić information content (AvgIpc) is 2.24. The van der Waals surface area contributed by atoms with Crippen molar-refractivity contribution in [1.29, 1.82) is 0 Å². The van der Waals surface area contributed by atoms with Crippen LogP contribution in [-0.2, 0) is 22.1 Å². The maximum atomic E-state index is 11.0. The molecule has 1 heterocycles. The molecule has 1 aliphatic rings. The minimum Gasteiger partial charge on any atom is -0.756 e. The van der Waals surface area contributed by atoms with Crippen LogP contribution in [0.25, 0.3) is 0 Å². The number of hydrogen-bond acceptors (Lipinski definition) is 10. The van der Waals surface area contributed by atoms with Gasteiger partial charge in [0.2, 0.25) is 0 Å². The van der Waals surface area contributed by atoms with Gasteiger partial charge in [-0.25, -0.2) is 12.9 Å². The zero-order valence-corrected chi connectivity index (χ0v) is 11.9. The molecule has 1 aromatic carbocycles. The standard InChI is InChI=1S/C7H7O10P3/c8-7(9)5-3-1-2-4-6(5)14-18-15-19(10,11)17-20(12,13)16-18/h1-4H,(H,8,9)(H,10,11)(H,12,13)/p-3. The first kappa shape index (κ1) is 15.6. The third-order valence-electron chi connectivity index (χ3n) is 1.81. The molecule has 1 fully saturated rings. The van der Waals surface area contributed by atoms with Crippen molar-refractivity contribution in [2.45, 2.75) is 0 Å². The van der Waals surface area contributed by atoms with E-state index in [1.165, 1.54) is 12.1 Å². The number of para-hydroxylation sites is 1. The summed E-state index contributed by atoms with van der Waals surface area (Å²) in [6, 6.07) is 4.97. The normalized spacial score (nSPS) is 33.6. The molecule has 0 saturated carbocycles. The molecule has 1 aliphatic heterocycles. The summed E-state index contributed by atoms with van der Waals surface area (Å²) in [5.41, 5.74) is -0.435. The maximum absolute atomic E-state index is 11.0. The van der Waals surface area contributed by atoms with Crippen LogP contribution in [0.15, 0.2) is 24.3 Å². The highest BCUT2D eigenvalue weighted by Gasteiger charge is 2.37. The topological polar surface area (TPSA) is 157 Å². The zero-order valence-electron chi connectivity index (χ0n) is 9.23. The van der Waals surface area contributed by atoms with Crippen molar-refractivity contribution >= 4 is 30.2 Å². The van der Waals surface area contributed by atoms with Crippen molar-refractivity contribution in [3.8, 4) is 5.75 Å². The Kier molecular flexibility index (Phi) is 4.30. The Morgan fingerprint density at radius 3 is 2.25 bits per heavy atom. The van der Waals surface area contributed by atoms with Crippen LogP contribution in [0.1, 0.15) is 10.4 Å². The van der Waals surface area contributed by atoms with E-state index in [0.717, 1.165) is 12.1 Å². The number of benzene rings is 1. The van der Waals surface area contributed by atoms with E-state index in [1.807, 2.05) is 0 Å². The summed E-state index contributed by atoms with van der Waals surface area (Å²) < 4.78 is 38.7. The van der Waals surface area contributed by atoms with Crippen LogP contribution >= 0.6 is 24.2 Å². The van der Waals surface area contributed by atoms with E-state index in [1.54, 1.807) is 0 Å². The van der Waals surface area contributed by atoms with Gasteiger partial charge in [0.25, 0.3) is 15.6 Å². The fourth-order valence-corrected chi connectivity index (χ4v) is 5.19. The molecule has 0 amide bonds. The van der Waals surface area contributed by atoms with E-state index in [9.17, 15) is 28.8 Å². The lowest BCUT2D eigenvalue weighted by Crippen LogP contribution is -2.23. The molecule has 13 heteroatoms. The Bertz CT molecular complexity index is 605. The lowest BCUT2D eigenvalue weighted by molar-refractivity contribution is -0.255. The van der Waals surface area contributed by atoms with Gasteiger partial charge < -0.3 is 24.2 Å². The highest BCUT2D eigenvalue weighted by molar-refractivity contribution is 7.72. The van der Waals surface area contributed by atoms with Crippen LogP contribution in [0.5, 0.6) is 5.75 Å². The summed E-state index contributed by atoms with van der Waals surface area (Å²) in [6.45, 7) is 0. The number of aromatic carboxylic acids is 1. The van der Waals surface area contributed by atoms with Crippen molar-refractivity contribution in [3.63, 3.8) is 0 Å². The van der Waals surface area contributed by atoms with Gasteiger partial charge in [-0.15, -0.1) is 0 Å². The van der Waals surface area contributed by atoms with Gasteiger partial charge in [0.1, 0.15) is 5.75 Å². The molecule has 0 N–H and O–H groups in total. The Hall–Kier alpha value is -0.820. The fourth-order valence-electron chi connectivity index (χ4n) is 1.16. The predicted molar refractivity (Wildman–Crippen MR) is 56.8 cm³/mol. The van der Waals surface area contributed by atoms with E-state index >= 15 is 0 Å². The van der Waals surface area contributed by atoms with E-state index in [0.29, 0.717) is 0 Å². The Labute approximate surface area is 113 Å². The molecule has 2 unspecified atom stereocenters. The molecule has 0 spiro atoms. The number of carbonyl (C=O) groups excluding carboxylic acids is 1. The van der Waals surface area contributed by atoms with Crippen molar-refractivity contribution in [1.82, 2.24) is 0 Å². The molecule has 0 bridgehead atoms. The summed E-state index contributed by atoms with van der Waals surface area (Å²) in [5.74, 6) is -1.99. The first-order valence-electron chi connectivity index (χ1n) is 4.70. The van der Waals surface area contributed by atoms with Crippen LogP contribution in [0.3, 0.4) is 0 Å². The van der Waals surface area contributed by atoms with Crippen molar-refractivity contribution in [2.24, 2.45) is 0 Å². The van der Waals surface area contributed by atoms with Gasteiger partial charge in [0.05, 0.1) is 5.97 Å². The first-order valence-corrected chi connectivity index (χ1v) is 8.71. The summed E-state index contributed by atoms with van der Waals surface area (Å²) in [5, 5.41) is 10.8. The molecule has 0 aromatic heterocycles. The second-order valence-corrected chi connectivity index (χ2v) is 7.62. The average molecular weight is 341 g/mol. The minimum absolute atomic E-state index is 0.375. The second-order valence-electron chi connectivity index (χ2n) is 3.24. The number of carbonyl (C=O) groups is 1. The summed E-state index contributed by atoms with van der Waals surface area (Å²) >= 11 is 0. The first-order chi connectivity index (χ1) is 9.19. The smallest absolute Gasteiger partial charge is 0.411 e. The second kappa shape index (κ2) is 5.52. The van der Waals surface area contributed by atoms with Crippen LogP contribution in [0.2, 0.25) is 0 Å². The van der Waals surface area contributed by atoms with Gasteiger partial charge in [-0.2, -0.15) is 0 Å². The maximum Gasteiger partial charge on any atom is 0.411 e. The van der Waals surface area contributed by atoms with Gasteiger partial charge in [0, 0.05) is 5.56 Å². The molecular formula is C7H4O10P3-3. The molecule has 2 rings (SSSR count). The van der Waals surface area contributed by atoms with Gasteiger partial charge in [-0.3, -0.25) is 9.13 Å². The molecule has 110 valence electrons. The molecule has 0 aliphatic carbocycles. The Balaban J connectivity index is 2.24. The summed E-state index contributed by atoms with van der Waals surface area (Å²) in [4.78, 5) is 32.8. The lowest BCUT2D eigenvalue weighted by Gasteiger charge is -2.37. The van der Waals surface area contributed by atoms with Crippen molar-refractivity contribution in [2.75, 3.05) is 0 Å². The number of carboxylic acid groups (broad SMARTS) is 1. The number of hydrogen-bond donors (Lipinski definition) is 0. The molecular weight excluding hydrogens is 337 g/mol. The number of rotatable bonds is 3. The third-order valence-corrected chi connectivity index (χ3v) is 6.43. The number of carboxylic acids is 1.